The van der Waals surface area contributed by atoms with Gasteiger partial charge < -0.3 is 15.6 Å². The maximum absolute atomic E-state index is 12.3. The van der Waals surface area contributed by atoms with Gasteiger partial charge in [0.15, 0.2) is 5.82 Å². The van der Waals surface area contributed by atoms with Crippen molar-refractivity contribution < 1.29 is 14.6 Å². The van der Waals surface area contributed by atoms with Crippen LogP contribution in [0, 0.1) is 20.8 Å². The molecule has 0 amide bonds. The highest BCUT2D eigenvalue weighted by atomic mass is 32.2. The Kier molecular flexibility index (Phi) is 4.73. The van der Waals surface area contributed by atoms with E-state index in [0.29, 0.717) is 21.4 Å². The summed E-state index contributed by atoms with van der Waals surface area (Å²) in [4.78, 5) is 13.8. The van der Waals surface area contributed by atoms with Crippen LogP contribution in [0.4, 0.5) is 5.82 Å². The lowest BCUT2D eigenvalue weighted by molar-refractivity contribution is 0.0603. The number of esters is 1. The molecule has 0 saturated heterocycles. The minimum atomic E-state index is -0.615. The summed E-state index contributed by atoms with van der Waals surface area (Å²) < 4.78 is 4.88. The molecule has 0 aliphatic heterocycles. The summed E-state index contributed by atoms with van der Waals surface area (Å²) in [5, 5.41) is 19.3. The van der Waals surface area contributed by atoms with Gasteiger partial charge in [-0.05, 0) is 44.0 Å². The molecule has 0 bridgehead atoms. The third-order valence-electron chi connectivity index (χ3n) is 4.35. The lowest BCUT2D eigenvalue weighted by atomic mass is 10.0. The lowest BCUT2D eigenvalue weighted by Gasteiger charge is -2.16. The van der Waals surface area contributed by atoms with Gasteiger partial charge in [0.1, 0.15) is 11.3 Å². The second-order valence-corrected chi connectivity index (χ2v) is 7.10. The molecule has 0 fully saturated rings. The zero-order valence-corrected chi connectivity index (χ0v) is 15.8. The third kappa shape index (κ3) is 2.94. The molecule has 7 heteroatoms. The molecule has 3 rings (SSSR count). The highest BCUT2D eigenvalue weighted by molar-refractivity contribution is 7.99. The highest BCUT2D eigenvalue weighted by Crippen LogP contribution is 2.45. The number of fused-ring (bicyclic) bond motifs is 1. The highest BCUT2D eigenvalue weighted by Gasteiger charge is 2.25. The summed E-state index contributed by atoms with van der Waals surface area (Å²) in [5.74, 6) is -0.549. The number of aromatic hydroxyl groups is 1. The number of carbonyl (C=O) groups is 1. The van der Waals surface area contributed by atoms with E-state index in [9.17, 15) is 9.90 Å². The zero-order valence-electron chi connectivity index (χ0n) is 15.0. The molecule has 0 aliphatic rings. The molecular weight excluding hydrogens is 350 g/mol. The first-order valence-corrected chi connectivity index (χ1v) is 8.77. The largest absolute Gasteiger partial charge is 0.506 e. The van der Waals surface area contributed by atoms with E-state index in [4.69, 9.17) is 10.5 Å². The van der Waals surface area contributed by atoms with Crippen molar-refractivity contribution in [1.82, 2.24) is 10.2 Å². The Morgan fingerprint density at radius 1 is 1.12 bits per heavy atom. The SMILES string of the molecule is COC(=O)c1c(N)nnc2c(C)c(C)c(O)c(Sc3ccc(C)cc3)c12. The molecule has 0 unspecified atom stereocenters. The van der Waals surface area contributed by atoms with Crippen LogP contribution >= 0.6 is 11.8 Å². The van der Waals surface area contributed by atoms with E-state index in [2.05, 4.69) is 10.2 Å². The van der Waals surface area contributed by atoms with Crippen LogP contribution in [0.25, 0.3) is 10.9 Å². The van der Waals surface area contributed by atoms with Gasteiger partial charge in [-0.2, -0.15) is 0 Å². The Balaban J connectivity index is 2.37. The van der Waals surface area contributed by atoms with Crippen LogP contribution in [-0.4, -0.2) is 28.4 Å². The van der Waals surface area contributed by atoms with E-state index in [1.807, 2.05) is 38.1 Å². The van der Waals surface area contributed by atoms with E-state index >= 15 is 0 Å². The lowest BCUT2D eigenvalue weighted by Crippen LogP contribution is -2.11. The number of aromatic nitrogens is 2. The van der Waals surface area contributed by atoms with Crippen molar-refractivity contribution in [3.8, 4) is 5.75 Å². The summed E-state index contributed by atoms with van der Waals surface area (Å²) >= 11 is 1.34. The van der Waals surface area contributed by atoms with Gasteiger partial charge in [-0.25, -0.2) is 4.79 Å². The number of methoxy groups -OCH3 is 1. The topological polar surface area (TPSA) is 98.3 Å². The average molecular weight is 369 g/mol. The molecule has 2 aromatic carbocycles. The summed E-state index contributed by atoms with van der Waals surface area (Å²) in [6.07, 6.45) is 0. The minimum Gasteiger partial charge on any atom is -0.506 e. The smallest absolute Gasteiger partial charge is 0.342 e. The summed E-state index contributed by atoms with van der Waals surface area (Å²) in [5.41, 5.74) is 9.11. The van der Waals surface area contributed by atoms with Gasteiger partial charge in [0.2, 0.25) is 0 Å². The number of carbonyl (C=O) groups excluding carboxylic acids is 1. The van der Waals surface area contributed by atoms with Gasteiger partial charge in [0.25, 0.3) is 0 Å². The van der Waals surface area contributed by atoms with E-state index < -0.39 is 5.97 Å². The van der Waals surface area contributed by atoms with Crippen LogP contribution in [0.5, 0.6) is 5.75 Å². The molecule has 0 atom stereocenters. The Hall–Kier alpha value is -2.80. The van der Waals surface area contributed by atoms with Gasteiger partial charge in [-0.3, -0.25) is 0 Å². The van der Waals surface area contributed by atoms with Gasteiger partial charge in [-0.15, -0.1) is 10.2 Å². The molecule has 0 radical (unpaired) electrons. The van der Waals surface area contributed by atoms with Gasteiger partial charge in [0, 0.05) is 10.3 Å². The number of phenols is 1. The summed E-state index contributed by atoms with van der Waals surface area (Å²) in [6.45, 7) is 5.63. The number of rotatable bonds is 3. The number of nitrogens with two attached hydrogens (primary N) is 1. The Morgan fingerprint density at radius 3 is 2.38 bits per heavy atom. The van der Waals surface area contributed by atoms with Crippen LogP contribution in [0.2, 0.25) is 0 Å². The monoisotopic (exact) mass is 369 g/mol. The summed E-state index contributed by atoms with van der Waals surface area (Å²) in [7, 11) is 1.28. The van der Waals surface area contributed by atoms with Crippen LogP contribution < -0.4 is 5.73 Å². The van der Waals surface area contributed by atoms with E-state index in [1.54, 1.807) is 6.92 Å². The van der Waals surface area contributed by atoms with Crippen molar-refractivity contribution in [2.75, 3.05) is 12.8 Å². The molecular formula is C19H19N3O3S. The van der Waals surface area contributed by atoms with Gasteiger partial charge in [0.05, 0.1) is 17.5 Å². The first-order valence-electron chi connectivity index (χ1n) is 7.96. The Morgan fingerprint density at radius 2 is 1.77 bits per heavy atom. The normalized spacial score (nSPS) is 10.9. The van der Waals surface area contributed by atoms with Crippen LogP contribution in [0.3, 0.4) is 0 Å². The summed E-state index contributed by atoms with van der Waals surface area (Å²) in [6, 6.07) is 7.88. The zero-order chi connectivity index (χ0) is 19.0. The quantitative estimate of drug-likeness (QED) is 0.678. The minimum absolute atomic E-state index is 0.0299. The molecule has 6 nitrogen and oxygen atoms in total. The second-order valence-electron chi connectivity index (χ2n) is 6.02. The van der Waals surface area contributed by atoms with Crippen LogP contribution in [0.15, 0.2) is 34.1 Å². The van der Waals surface area contributed by atoms with Gasteiger partial charge >= 0.3 is 5.97 Å². The van der Waals surface area contributed by atoms with E-state index in [1.165, 1.54) is 18.9 Å². The predicted molar refractivity (Wildman–Crippen MR) is 102 cm³/mol. The molecule has 0 spiro atoms. The number of hydrogen-bond acceptors (Lipinski definition) is 7. The number of ether oxygens (including phenoxy) is 1. The molecule has 3 N–H and O–H groups in total. The fourth-order valence-corrected chi connectivity index (χ4v) is 3.77. The van der Waals surface area contributed by atoms with E-state index in [0.717, 1.165) is 16.0 Å². The second kappa shape index (κ2) is 6.84. The van der Waals surface area contributed by atoms with Crippen molar-refractivity contribution in [3.63, 3.8) is 0 Å². The maximum Gasteiger partial charge on any atom is 0.342 e. The third-order valence-corrected chi connectivity index (χ3v) is 5.46. The van der Waals surface area contributed by atoms with Crippen molar-refractivity contribution in [1.29, 1.82) is 0 Å². The number of nitrogen functional groups attached to an aromatic ring is 1. The van der Waals surface area contributed by atoms with Crippen LogP contribution in [0.1, 0.15) is 27.0 Å². The van der Waals surface area contributed by atoms with Crippen LogP contribution in [-0.2, 0) is 4.74 Å². The maximum atomic E-state index is 12.3. The molecule has 1 heterocycles. The van der Waals surface area contributed by atoms with Gasteiger partial charge in [-0.1, -0.05) is 29.5 Å². The molecule has 134 valence electrons. The van der Waals surface area contributed by atoms with Crippen molar-refractivity contribution in [2.45, 2.75) is 30.6 Å². The fraction of sp³-hybridized carbons (Fsp3) is 0.211. The first-order chi connectivity index (χ1) is 12.3. The van der Waals surface area contributed by atoms with Crippen molar-refractivity contribution >= 4 is 34.5 Å². The number of anilines is 1. The average Bonchev–Trinajstić information content (AvgIpc) is 2.64. The number of hydrogen-bond donors (Lipinski definition) is 2. The molecule has 26 heavy (non-hydrogen) atoms. The van der Waals surface area contributed by atoms with Crippen molar-refractivity contribution in [2.24, 2.45) is 0 Å². The first kappa shape index (κ1) is 18.0. The predicted octanol–water partition coefficient (Wildman–Crippen LogP) is 3.78. The number of benzene rings is 2. The fourth-order valence-electron chi connectivity index (χ4n) is 2.71. The number of phenolic OH excluding ortho intramolecular Hbond substituents is 1. The Labute approximate surface area is 155 Å². The van der Waals surface area contributed by atoms with E-state index in [-0.39, 0.29) is 17.1 Å². The molecule has 0 aliphatic carbocycles. The molecule has 1 aromatic heterocycles. The molecule has 0 saturated carbocycles. The standard InChI is InChI=1S/C19H19N3O3S/c1-9-5-7-12(8-6-9)26-17-13-14(19(24)25-4)18(20)22-21-15(13)10(2)11(3)16(17)23/h5-8,23H,1-4H3,(H2,20,22). The number of nitrogens with zero attached hydrogens (tertiary/aromatic N) is 2. The van der Waals surface area contributed by atoms with Crippen molar-refractivity contribution in [3.05, 3.63) is 46.5 Å². The molecule has 3 aromatic rings. The number of aryl methyl sites for hydroxylation is 2. The Bertz CT molecular complexity index is 1020.